The predicted octanol–water partition coefficient (Wildman–Crippen LogP) is 1.59. The zero-order chi connectivity index (χ0) is 11.5. The number of fused-ring (bicyclic) bond motifs is 1. The van der Waals surface area contributed by atoms with E-state index in [0.717, 1.165) is 17.9 Å². The second kappa shape index (κ2) is 5.08. The van der Waals surface area contributed by atoms with Gasteiger partial charge in [-0.05, 0) is 35.9 Å². The van der Waals surface area contributed by atoms with Gasteiger partial charge < -0.3 is 15.6 Å². The smallest absolute Gasteiger partial charge is 0.119 e. The molecule has 0 saturated carbocycles. The van der Waals surface area contributed by atoms with E-state index in [2.05, 4.69) is 6.07 Å². The van der Waals surface area contributed by atoms with E-state index in [1.54, 1.807) is 7.11 Å². The average Bonchev–Trinajstić information content (AvgIpc) is 2.36. The van der Waals surface area contributed by atoms with Crippen LogP contribution >= 0.6 is 11.8 Å². The van der Waals surface area contributed by atoms with Crippen LogP contribution in [0.4, 0.5) is 0 Å². The van der Waals surface area contributed by atoms with Gasteiger partial charge in [-0.25, -0.2) is 0 Å². The van der Waals surface area contributed by atoms with Crippen LogP contribution in [0.3, 0.4) is 0 Å². The number of rotatable bonds is 3. The van der Waals surface area contributed by atoms with Gasteiger partial charge in [0.25, 0.3) is 0 Å². The Hall–Kier alpha value is -0.710. The van der Waals surface area contributed by atoms with E-state index in [4.69, 9.17) is 10.5 Å². The normalized spacial score (nSPS) is 21.3. The second-order valence-corrected chi connectivity index (χ2v) is 5.09. The standard InChI is InChI=1S/C12H17NO2S/c1-15-8-2-3-12-10(6-8)9(4-5-16-12)11(14)7-13/h2-3,6,9,11,14H,4-5,7,13H2,1H3. The lowest BCUT2D eigenvalue weighted by atomic mass is 9.90. The molecule has 0 aromatic heterocycles. The van der Waals surface area contributed by atoms with E-state index >= 15 is 0 Å². The Morgan fingerprint density at radius 3 is 3.12 bits per heavy atom. The molecule has 0 saturated heterocycles. The second-order valence-electron chi connectivity index (χ2n) is 3.95. The van der Waals surface area contributed by atoms with E-state index in [-0.39, 0.29) is 5.92 Å². The molecule has 88 valence electrons. The number of nitrogens with two attached hydrogens (primary N) is 1. The van der Waals surface area contributed by atoms with Gasteiger partial charge in [0.1, 0.15) is 5.75 Å². The Balaban J connectivity index is 2.35. The molecule has 1 aromatic carbocycles. The molecule has 0 radical (unpaired) electrons. The number of aliphatic hydroxyl groups is 1. The largest absolute Gasteiger partial charge is 0.497 e. The Morgan fingerprint density at radius 1 is 1.62 bits per heavy atom. The molecule has 1 aliphatic rings. The van der Waals surface area contributed by atoms with E-state index in [1.807, 2.05) is 23.9 Å². The van der Waals surface area contributed by atoms with Crippen LogP contribution in [0.2, 0.25) is 0 Å². The van der Waals surface area contributed by atoms with Crippen LogP contribution < -0.4 is 10.5 Å². The zero-order valence-corrected chi connectivity index (χ0v) is 10.2. The third kappa shape index (κ3) is 2.19. The van der Waals surface area contributed by atoms with Crippen LogP contribution in [0.1, 0.15) is 17.9 Å². The molecule has 4 heteroatoms. The molecule has 0 amide bonds. The topological polar surface area (TPSA) is 55.5 Å². The van der Waals surface area contributed by atoms with Gasteiger partial charge in [-0.2, -0.15) is 0 Å². The summed E-state index contributed by atoms with van der Waals surface area (Å²) < 4.78 is 5.22. The number of ether oxygens (including phenoxy) is 1. The zero-order valence-electron chi connectivity index (χ0n) is 9.35. The summed E-state index contributed by atoms with van der Waals surface area (Å²) in [6.45, 7) is 0.311. The summed E-state index contributed by atoms with van der Waals surface area (Å²) in [6, 6.07) is 6.04. The predicted molar refractivity (Wildman–Crippen MR) is 66.1 cm³/mol. The molecule has 2 rings (SSSR count). The lowest BCUT2D eigenvalue weighted by molar-refractivity contribution is 0.147. The minimum atomic E-state index is -0.452. The maximum Gasteiger partial charge on any atom is 0.119 e. The minimum Gasteiger partial charge on any atom is -0.497 e. The molecule has 1 heterocycles. The Kier molecular flexibility index (Phi) is 3.74. The fraction of sp³-hybridized carbons (Fsp3) is 0.500. The summed E-state index contributed by atoms with van der Waals surface area (Å²) in [7, 11) is 1.66. The molecule has 3 N–H and O–H groups in total. The molecule has 16 heavy (non-hydrogen) atoms. The van der Waals surface area contributed by atoms with Gasteiger partial charge in [0.05, 0.1) is 13.2 Å². The summed E-state index contributed by atoms with van der Waals surface area (Å²) in [5.74, 6) is 2.04. The fourth-order valence-electron chi connectivity index (χ4n) is 2.09. The van der Waals surface area contributed by atoms with Crippen molar-refractivity contribution in [3.05, 3.63) is 23.8 Å². The van der Waals surface area contributed by atoms with Gasteiger partial charge in [-0.3, -0.25) is 0 Å². The minimum absolute atomic E-state index is 0.149. The van der Waals surface area contributed by atoms with E-state index in [0.29, 0.717) is 6.54 Å². The molecule has 0 aliphatic carbocycles. The van der Waals surface area contributed by atoms with Crippen molar-refractivity contribution in [1.82, 2.24) is 0 Å². The van der Waals surface area contributed by atoms with Gasteiger partial charge in [0.2, 0.25) is 0 Å². The van der Waals surface area contributed by atoms with E-state index in [1.165, 1.54) is 10.5 Å². The van der Waals surface area contributed by atoms with Crippen molar-refractivity contribution in [3.8, 4) is 5.75 Å². The highest BCUT2D eigenvalue weighted by Gasteiger charge is 2.26. The van der Waals surface area contributed by atoms with Crippen molar-refractivity contribution in [1.29, 1.82) is 0 Å². The first-order chi connectivity index (χ1) is 7.76. The molecule has 2 atom stereocenters. The lowest BCUT2D eigenvalue weighted by Crippen LogP contribution is -2.29. The molecular formula is C12H17NO2S. The highest BCUT2D eigenvalue weighted by molar-refractivity contribution is 7.99. The highest BCUT2D eigenvalue weighted by Crippen LogP contribution is 2.40. The molecule has 1 aromatic rings. The average molecular weight is 239 g/mol. The van der Waals surface area contributed by atoms with Gasteiger partial charge >= 0.3 is 0 Å². The first kappa shape index (κ1) is 11.8. The van der Waals surface area contributed by atoms with Crippen LogP contribution in [-0.4, -0.2) is 30.6 Å². The van der Waals surface area contributed by atoms with Gasteiger partial charge in [-0.15, -0.1) is 11.8 Å². The number of thioether (sulfide) groups is 1. The number of methoxy groups -OCH3 is 1. The number of hydrogen-bond acceptors (Lipinski definition) is 4. The van der Waals surface area contributed by atoms with Crippen molar-refractivity contribution in [2.45, 2.75) is 23.3 Å². The van der Waals surface area contributed by atoms with Gasteiger partial charge in [0, 0.05) is 17.4 Å². The number of aliphatic hydroxyl groups excluding tert-OH is 1. The first-order valence-electron chi connectivity index (χ1n) is 5.45. The Morgan fingerprint density at radius 2 is 2.44 bits per heavy atom. The molecule has 3 nitrogen and oxygen atoms in total. The number of benzene rings is 1. The summed E-state index contributed by atoms with van der Waals surface area (Å²) >= 11 is 1.83. The van der Waals surface area contributed by atoms with Crippen molar-refractivity contribution < 1.29 is 9.84 Å². The SMILES string of the molecule is COc1ccc2c(c1)C(C(O)CN)CCS2. The quantitative estimate of drug-likeness (QED) is 0.841. The summed E-state index contributed by atoms with van der Waals surface area (Å²) in [5, 5.41) is 9.92. The monoisotopic (exact) mass is 239 g/mol. The summed E-state index contributed by atoms with van der Waals surface area (Å²) in [6.07, 6.45) is 0.523. The fourth-order valence-corrected chi connectivity index (χ4v) is 3.22. The maximum atomic E-state index is 9.92. The number of hydrogen-bond donors (Lipinski definition) is 2. The van der Waals surface area contributed by atoms with Crippen LogP contribution in [-0.2, 0) is 0 Å². The molecule has 0 fully saturated rings. The van der Waals surface area contributed by atoms with Gasteiger partial charge in [-0.1, -0.05) is 0 Å². The summed E-state index contributed by atoms with van der Waals surface area (Å²) in [5.41, 5.74) is 6.72. The third-order valence-electron chi connectivity index (χ3n) is 3.01. The first-order valence-corrected chi connectivity index (χ1v) is 6.43. The molecule has 1 aliphatic heterocycles. The molecular weight excluding hydrogens is 222 g/mol. The van der Waals surface area contributed by atoms with Crippen LogP contribution in [0, 0.1) is 0 Å². The van der Waals surface area contributed by atoms with Crippen LogP contribution in [0.15, 0.2) is 23.1 Å². The van der Waals surface area contributed by atoms with Crippen LogP contribution in [0.25, 0.3) is 0 Å². The van der Waals surface area contributed by atoms with Crippen LogP contribution in [0.5, 0.6) is 5.75 Å². The molecule has 2 unspecified atom stereocenters. The molecule has 0 bridgehead atoms. The van der Waals surface area contributed by atoms with Crippen molar-refractivity contribution >= 4 is 11.8 Å². The highest BCUT2D eigenvalue weighted by atomic mass is 32.2. The Labute approximate surface area is 100.0 Å². The van der Waals surface area contributed by atoms with Gasteiger partial charge in [0.15, 0.2) is 0 Å². The Bertz CT molecular complexity index is 370. The maximum absolute atomic E-state index is 9.92. The van der Waals surface area contributed by atoms with Crippen molar-refractivity contribution in [2.24, 2.45) is 5.73 Å². The summed E-state index contributed by atoms with van der Waals surface area (Å²) in [4.78, 5) is 1.24. The van der Waals surface area contributed by atoms with E-state index < -0.39 is 6.10 Å². The van der Waals surface area contributed by atoms with E-state index in [9.17, 15) is 5.11 Å². The van der Waals surface area contributed by atoms with Crippen molar-refractivity contribution in [3.63, 3.8) is 0 Å². The third-order valence-corrected chi connectivity index (χ3v) is 4.13. The molecule has 0 spiro atoms. The van der Waals surface area contributed by atoms with Crippen molar-refractivity contribution in [2.75, 3.05) is 19.4 Å². The lowest BCUT2D eigenvalue weighted by Gasteiger charge is -2.28.